The number of rotatable bonds is 17. The summed E-state index contributed by atoms with van der Waals surface area (Å²) in [6.07, 6.45) is 11.6. The van der Waals surface area contributed by atoms with Gasteiger partial charge in [0.1, 0.15) is 11.8 Å². The Morgan fingerprint density at radius 3 is 2.25 bits per heavy atom. The second-order valence-electron chi connectivity index (χ2n) is 9.04. The molecule has 2 amide bonds. The fourth-order valence-electron chi connectivity index (χ4n) is 4.10. The molecule has 1 fully saturated rings. The van der Waals surface area contributed by atoms with E-state index in [0.29, 0.717) is 12.4 Å². The third-order valence-electron chi connectivity index (χ3n) is 6.18. The molecular weight excluding hydrogens is 466 g/mol. The highest BCUT2D eigenvalue weighted by Gasteiger charge is 2.35. The van der Waals surface area contributed by atoms with E-state index in [0.717, 1.165) is 19.3 Å². The molecule has 0 saturated carbocycles. The van der Waals surface area contributed by atoms with Gasteiger partial charge in [-0.3, -0.25) is 24.5 Å². The first-order chi connectivity index (χ1) is 17.4. The Morgan fingerprint density at radius 2 is 1.64 bits per heavy atom. The lowest BCUT2D eigenvalue weighted by Gasteiger charge is -2.34. The van der Waals surface area contributed by atoms with Crippen molar-refractivity contribution in [3.63, 3.8) is 0 Å². The summed E-state index contributed by atoms with van der Waals surface area (Å²) >= 11 is 0. The second kappa shape index (κ2) is 16.5. The van der Waals surface area contributed by atoms with Crippen molar-refractivity contribution in [2.24, 2.45) is 0 Å². The van der Waals surface area contributed by atoms with Gasteiger partial charge >= 0.3 is 5.97 Å². The maximum Gasteiger partial charge on any atom is 0.308 e. The molecule has 0 radical (unpaired) electrons. The minimum absolute atomic E-state index is 0.0854. The van der Waals surface area contributed by atoms with E-state index in [9.17, 15) is 24.5 Å². The highest BCUT2D eigenvalue weighted by molar-refractivity contribution is 5.92. The Labute approximate surface area is 212 Å². The molecule has 1 aliphatic heterocycles. The van der Waals surface area contributed by atoms with Gasteiger partial charge in [-0.05, 0) is 18.6 Å². The standard InChI is InChI=1S/C26H39N3O7/c1-2-3-4-5-6-7-8-9-10-11-18-35-25(31)19-23-26(32)27-16-17-28(23)24(30)20-36-22-14-12-21(13-15-22)29(33)34/h12-15,23H,2-11,16-20H2,1H3,(H,27,32). The monoisotopic (exact) mass is 505 g/mol. The first-order valence-corrected chi connectivity index (χ1v) is 13.0. The molecule has 1 saturated heterocycles. The average Bonchev–Trinajstić information content (AvgIpc) is 2.87. The summed E-state index contributed by atoms with van der Waals surface area (Å²) in [5.74, 6) is -1.07. The van der Waals surface area contributed by atoms with Crippen LogP contribution in [0.15, 0.2) is 24.3 Å². The quantitative estimate of drug-likeness (QED) is 0.146. The molecule has 200 valence electrons. The van der Waals surface area contributed by atoms with Crippen molar-refractivity contribution in [2.75, 3.05) is 26.3 Å². The molecular formula is C26H39N3O7. The van der Waals surface area contributed by atoms with Crippen molar-refractivity contribution >= 4 is 23.5 Å². The Bertz CT molecular complexity index is 844. The Hall–Kier alpha value is -3.17. The molecule has 1 heterocycles. The fourth-order valence-corrected chi connectivity index (χ4v) is 4.10. The number of piperazine rings is 1. The van der Waals surface area contributed by atoms with Crippen molar-refractivity contribution in [3.8, 4) is 5.75 Å². The molecule has 10 nitrogen and oxygen atoms in total. The van der Waals surface area contributed by atoms with E-state index in [1.165, 1.54) is 74.1 Å². The highest BCUT2D eigenvalue weighted by atomic mass is 16.6. The summed E-state index contributed by atoms with van der Waals surface area (Å²) in [6.45, 7) is 2.71. The number of hydrogen-bond donors (Lipinski definition) is 1. The zero-order chi connectivity index (χ0) is 26.2. The van der Waals surface area contributed by atoms with Gasteiger partial charge in [0.25, 0.3) is 11.6 Å². The number of ether oxygens (including phenoxy) is 2. The summed E-state index contributed by atoms with van der Waals surface area (Å²) in [7, 11) is 0. The maximum atomic E-state index is 12.7. The summed E-state index contributed by atoms with van der Waals surface area (Å²) < 4.78 is 10.7. The summed E-state index contributed by atoms with van der Waals surface area (Å²) in [5.41, 5.74) is -0.0854. The Kier molecular flexibility index (Phi) is 13.3. The molecule has 1 atom stereocenters. The van der Waals surface area contributed by atoms with Crippen molar-refractivity contribution < 1.29 is 28.8 Å². The lowest BCUT2D eigenvalue weighted by Crippen LogP contribution is -2.58. The summed E-state index contributed by atoms with van der Waals surface area (Å²) in [4.78, 5) is 48.9. The van der Waals surface area contributed by atoms with Gasteiger partial charge in [0.05, 0.1) is 18.0 Å². The van der Waals surface area contributed by atoms with E-state index >= 15 is 0 Å². The number of hydrogen-bond acceptors (Lipinski definition) is 7. The first kappa shape index (κ1) is 29.1. The van der Waals surface area contributed by atoms with Crippen LogP contribution in [0.1, 0.15) is 77.6 Å². The van der Waals surface area contributed by atoms with Gasteiger partial charge in [0, 0.05) is 25.2 Å². The van der Waals surface area contributed by atoms with Crippen LogP contribution in [-0.2, 0) is 19.1 Å². The van der Waals surface area contributed by atoms with Crippen LogP contribution >= 0.6 is 0 Å². The number of amides is 2. The third kappa shape index (κ3) is 10.6. The van der Waals surface area contributed by atoms with E-state index in [1.54, 1.807) is 0 Å². The Morgan fingerprint density at radius 1 is 1.03 bits per heavy atom. The molecule has 1 aliphatic rings. The van der Waals surface area contributed by atoms with Gasteiger partial charge in [-0.25, -0.2) is 0 Å². The number of nitro groups is 1. The van der Waals surface area contributed by atoms with Gasteiger partial charge in [0.2, 0.25) is 5.91 Å². The average molecular weight is 506 g/mol. The fraction of sp³-hybridized carbons (Fsp3) is 0.654. The molecule has 36 heavy (non-hydrogen) atoms. The van der Waals surface area contributed by atoms with E-state index in [4.69, 9.17) is 9.47 Å². The van der Waals surface area contributed by atoms with Crippen LogP contribution in [0.4, 0.5) is 5.69 Å². The molecule has 0 spiro atoms. The predicted molar refractivity (Wildman–Crippen MR) is 135 cm³/mol. The van der Waals surface area contributed by atoms with Gasteiger partial charge in [-0.1, -0.05) is 64.7 Å². The molecule has 0 aromatic heterocycles. The van der Waals surface area contributed by atoms with Crippen LogP contribution in [0.3, 0.4) is 0 Å². The van der Waals surface area contributed by atoms with Crippen molar-refractivity contribution in [3.05, 3.63) is 34.4 Å². The zero-order valence-electron chi connectivity index (χ0n) is 21.2. The number of nitrogens with zero attached hydrogens (tertiary/aromatic N) is 2. The molecule has 0 bridgehead atoms. The maximum absolute atomic E-state index is 12.7. The van der Waals surface area contributed by atoms with E-state index in [-0.39, 0.29) is 31.8 Å². The summed E-state index contributed by atoms with van der Waals surface area (Å²) in [5, 5.41) is 13.4. The van der Waals surface area contributed by atoms with Gasteiger partial charge < -0.3 is 19.7 Å². The van der Waals surface area contributed by atoms with Crippen LogP contribution in [0.5, 0.6) is 5.75 Å². The van der Waals surface area contributed by atoms with Gasteiger partial charge in [0.15, 0.2) is 6.61 Å². The molecule has 2 rings (SSSR count). The van der Waals surface area contributed by atoms with Gasteiger partial charge in [-0.2, -0.15) is 0 Å². The molecule has 1 aromatic carbocycles. The minimum atomic E-state index is -0.952. The van der Waals surface area contributed by atoms with Crippen molar-refractivity contribution in [1.82, 2.24) is 10.2 Å². The van der Waals surface area contributed by atoms with Crippen molar-refractivity contribution in [2.45, 2.75) is 83.6 Å². The van der Waals surface area contributed by atoms with E-state index < -0.39 is 28.7 Å². The number of carbonyl (C=O) groups excluding carboxylic acids is 3. The van der Waals surface area contributed by atoms with Gasteiger partial charge in [-0.15, -0.1) is 0 Å². The SMILES string of the molecule is CCCCCCCCCCCCOC(=O)CC1C(=O)NCCN1C(=O)COc1ccc([N+](=O)[O-])cc1. The van der Waals surface area contributed by atoms with Crippen LogP contribution in [0.25, 0.3) is 0 Å². The molecule has 10 heteroatoms. The van der Waals surface area contributed by atoms with Crippen LogP contribution in [-0.4, -0.2) is 60.0 Å². The lowest BCUT2D eigenvalue weighted by molar-refractivity contribution is -0.384. The number of carbonyl (C=O) groups is 3. The lowest BCUT2D eigenvalue weighted by atomic mass is 10.1. The number of benzene rings is 1. The predicted octanol–water partition coefficient (Wildman–Crippen LogP) is 4.15. The number of non-ortho nitro benzene ring substituents is 1. The molecule has 1 aromatic rings. The minimum Gasteiger partial charge on any atom is -0.484 e. The number of unbranched alkanes of at least 4 members (excludes halogenated alkanes) is 9. The largest absolute Gasteiger partial charge is 0.484 e. The number of esters is 1. The highest BCUT2D eigenvalue weighted by Crippen LogP contribution is 2.18. The number of nitrogens with one attached hydrogen (secondary N) is 1. The zero-order valence-corrected chi connectivity index (χ0v) is 21.2. The smallest absolute Gasteiger partial charge is 0.308 e. The van der Waals surface area contributed by atoms with E-state index in [2.05, 4.69) is 12.2 Å². The topological polar surface area (TPSA) is 128 Å². The third-order valence-corrected chi connectivity index (χ3v) is 6.18. The molecule has 0 aliphatic carbocycles. The molecule has 1 unspecified atom stereocenters. The second-order valence-corrected chi connectivity index (χ2v) is 9.04. The first-order valence-electron chi connectivity index (χ1n) is 13.0. The normalized spacial score (nSPS) is 15.3. The van der Waals surface area contributed by atoms with Crippen LogP contribution < -0.4 is 10.1 Å². The summed E-state index contributed by atoms with van der Waals surface area (Å²) in [6, 6.07) is 4.41. The van der Waals surface area contributed by atoms with Crippen LogP contribution in [0, 0.1) is 10.1 Å². The van der Waals surface area contributed by atoms with Crippen molar-refractivity contribution in [1.29, 1.82) is 0 Å². The molecule has 1 N–H and O–H groups in total. The van der Waals surface area contributed by atoms with E-state index in [1.807, 2.05) is 0 Å². The Balaban J connectivity index is 1.68. The number of nitro benzene ring substituents is 1. The van der Waals surface area contributed by atoms with Crippen LogP contribution in [0.2, 0.25) is 0 Å².